The molecule has 3 amide bonds. The third kappa shape index (κ3) is 3.93. The van der Waals surface area contributed by atoms with E-state index in [0.29, 0.717) is 30.6 Å². The van der Waals surface area contributed by atoms with Crippen LogP contribution in [0.5, 0.6) is 0 Å². The normalized spacial score (nSPS) is 13.8. The number of aromatic nitrogens is 3. The van der Waals surface area contributed by atoms with Gasteiger partial charge in [-0.3, -0.25) is 14.3 Å². The zero-order valence-corrected chi connectivity index (χ0v) is 15.7. The minimum atomic E-state index is -0.339. The molecule has 1 aliphatic heterocycles. The average molecular weight is 422 g/mol. The monoisotopic (exact) mass is 421 g/mol. The number of carbonyl (C=O) groups is 2. The topological polar surface area (TPSA) is 80.1 Å². The van der Waals surface area contributed by atoms with Crippen molar-refractivity contribution in [1.29, 1.82) is 0 Å². The van der Waals surface area contributed by atoms with Crippen LogP contribution in [0.25, 0.3) is 11.4 Å². The summed E-state index contributed by atoms with van der Waals surface area (Å²) in [4.78, 5) is 24.9. The lowest BCUT2D eigenvalue weighted by atomic mass is 10.2. The van der Waals surface area contributed by atoms with E-state index in [1.165, 1.54) is 16.7 Å². The number of thioether (sulfide) groups is 1. The van der Waals surface area contributed by atoms with Gasteiger partial charge in [-0.1, -0.05) is 45.9 Å². The molecule has 0 unspecified atom stereocenters. The van der Waals surface area contributed by atoms with Gasteiger partial charge in [0.15, 0.2) is 11.0 Å². The maximum absolute atomic E-state index is 12.2. The molecule has 0 atom stereocenters. The summed E-state index contributed by atoms with van der Waals surface area (Å²) in [5.74, 6) is 0.600. The van der Waals surface area contributed by atoms with Gasteiger partial charge in [0, 0.05) is 29.7 Å². The van der Waals surface area contributed by atoms with Gasteiger partial charge in [-0.15, -0.1) is 16.8 Å². The molecular formula is C16H16BrN5O2S. The zero-order chi connectivity index (χ0) is 17.8. The van der Waals surface area contributed by atoms with E-state index >= 15 is 0 Å². The van der Waals surface area contributed by atoms with Crippen LogP contribution in [0.4, 0.5) is 4.79 Å². The SMILES string of the molecule is C=CCn1c(SCC(=O)N2CCNC2=O)nnc1-c1ccc(Br)cc1. The summed E-state index contributed by atoms with van der Waals surface area (Å²) in [5.41, 5.74) is 0.926. The van der Waals surface area contributed by atoms with E-state index in [1.54, 1.807) is 6.08 Å². The molecule has 130 valence electrons. The highest BCUT2D eigenvalue weighted by Gasteiger charge is 2.26. The molecule has 1 aromatic heterocycles. The lowest BCUT2D eigenvalue weighted by molar-refractivity contribution is -0.124. The molecule has 2 heterocycles. The quantitative estimate of drug-likeness (QED) is 0.572. The van der Waals surface area contributed by atoms with Crippen molar-refractivity contribution in [2.75, 3.05) is 18.8 Å². The second kappa shape index (κ2) is 7.83. The van der Waals surface area contributed by atoms with Gasteiger partial charge in [-0.05, 0) is 12.1 Å². The second-order valence-corrected chi connectivity index (χ2v) is 7.14. The van der Waals surface area contributed by atoms with E-state index in [9.17, 15) is 9.59 Å². The first-order chi connectivity index (χ1) is 12.1. The summed E-state index contributed by atoms with van der Waals surface area (Å²) < 4.78 is 2.88. The number of urea groups is 1. The predicted molar refractivity (Wildman–Crippen MR) is 99.2 cm³/mol. The molecule has 25 heavy (non-hydrogen) atoms. The Balaban J connectivity index is 1.77. The van der Waals surface area contributed by atoms with Crippen LogP contribution < -0.4 is 5.32 Å². The minimum Gasteiger partial charge on any atom is -0.336 e. The van der Waals surface area contributed by atoms with Crippen molar-refractivity contribution < 1.29 is 9.59 Å². The molecule has 3 rings (SSSR count). The number of imide groups is 1. The number of halogens is 1. The van der Waals surface area contributed by atoms with Crippen LogP contribution in [0.2, 0.25) is 0 Å². The fraction of sp³-hybridized carbons (Fsp3) is 0.250. The Bertz CT molecular complexity index is 805. The maximum atomic E-state index is 12.2. The van der Waals surface area contributed by atoms with Crippen molar-refractivity contribution in [2.45, 2.75) is 11.7 Å². The third-order valence-corrected chi connectivity index (χ3v) is 5.09. The van der Waals surface area contributed by atoms with Crippen molar-refractivity contribution in [3.05, 3.63) is 41.4 Å². The highest BCUT2D eigenvalue weighted by molar-refractivity contribution is 9.10. The molecule has 1 aromatic carbocycles. The fourth-order valence-corrected chi connectivity index (χ4v) is 3.50. The molecule has 0 aliphatic carbocycles. The van der Waals surface area contributed by atoms with Crippen molar-refractivity contribution in [2.24, 2.45) is 0 Å². The van der Waals surface area contributed by atoms with Crippen LogP contribution >= 0.6 is 27.7 Å². The van der Waals surface area contributed by atoms with Crippen LogP contribution in [0.1, 0.15) is 0 Å². The Morgan fingerprint density at radius 2 is 2.12 bits per heavy atom. The van der Waals surface area contributed by atoms with Gasteiger partial charge in [0.1, 0.15) is 0 Å². The number of allylic oxidation sites excluding steroid dienone is 1. The Labute approximate surface area is 157 Å². The number of hydrogen-bond donors (Lipinski definition) is 1. The molecule has 1 N–H and O–H groups in total. The van der Waals surface area contributed by atoms with Crippen molar-refractivity contribution in [3.8, 4) is 11.4 Å². The number of carbonyl (C=O) groups excluding carboxylic acids is 2. The van der Waals surface area contributed by atoms with E-state index in [0.717, 1.165) is 10.0 Å². The maximum Gasteiger partial charge on any atom is 0.324 e. The molecule has 9 heteroatoms. The largest absolute Gasteiger partial charge is 0.336 e. The summed E-state index contributed by atoms with van der Waals surface area (Å²) in [6.07, 6.45) is 1.76. The Morgan fingerprint density at radius 3 is 2.76 bits per heavy atom. The van der Waals surface area contributed by atoms with E-state index in [-0.39, 0.29) is 17.7 Å². The Hall–Kier alpha value is -2.13. The van der Waals surface area contributed by atoms with Crippen LogP contribution in [-0.4, -0.2) is 50.4 Å². The predicted octanol–water partition coefficient (Wildman–Crippen LogP) is 2.54. The summed E-state index contributed by atoms with van der Waals surface area (Å²) in [7, 11) is 0. The molecule has 7 nitrogen and oxygen atoms in total. The van der Waals surface area contributed by atoms with E-state index < -0.39 is 0 Å². The highest BCUT2D eigenvalue weighted by atomic mass is 79.9. The summed E-state index contributed by atoms with van der Waals surface area (Å²) in [5, 5.41) is 11.7. The highest BCUT2D eigenvalue weighted by Crippen LogP contribution is 2.25. The molecule has 0 radical (unpaired) electrons. The Kier molecular flexibility index (Phi) is 5.54. The minimum absolute atomic E-state index is 0.128. The molecule has 0 bridgehead atoms. The summed E-state index contributed by atoms with van der Waals surface area (Å²) >= 11 is 4.68. The fourth-order valence-electron chi connectivity index (χ4n) is 2.42. The molecule has 2 aromatic rings. The van der Waals surface area contributed by atoms with Crippen molar-refractivity contribution in [3.63, 3.8) is 0 Å². The van der Waals surface area contributed by atoms with Crippen LogP contribution in [0.3, 0.4) is 0 Å². The smallest absolute Gasteiger partial charge is 0.324 e. The van der Waals surface area contributed by atoms with Crippen molar-refractivity contribution in [1.82, 2.24) is 25.0 Å². The number of nitrogens with one attached hydrogen (secondary N) is 1. The van der Waals surface area contributed by atoms with Gasteiger partial charge in [0.2, 0.25) is 5.91 Å². The van der Waals surface area contributed by atoms with Gasteiger partial charge in [-0.2, -0.15) is 0 Å². The Morgan fingerprint density at radius 1 is 1.36 bits per heavy atom. The molecular weight excluding hydrogens is 406 g/mol. The lowest BCUT2D eigenvalue weighted by Crippen LogP contribution is -2.35. The van der Waals surface area contributed by atoms with Crippen molar-refractivity contribution >= 4 is 39.6 Å². The number of amides is 3. The number of hydrogen-bond acceptors (Lipinski definition) is 5. The molecule has 0 spiro atoms. The van der Waals surface area contributed by atoms with Crippen LogP contribution in [-0.2, 0) is 11.3 Å². The van der Waals surface area contributed by atoms with E-state index in [2.05, 4.69) is 38.0 Å². The molecule has 1 aliphatic rings. The standard InChI is InChI=1S/C16H16BrN5O2S/c1-2-8-22-14(11-3-5-12(17)6-4-11)19-20-16(22)25-10-13(23)21-9-7-18-15(21)24/h2-6H,1,7-10H2,(H,18,24). The van der Waals surface area contributed by atoms with Gasteiger partial charge in [0.05, 0.1) is 5.75 Å². The lowest BCUT2D eigenvalue weighted by Gasteiger charge is -2.12. The first-order valence-electron chi connectivity index (χ1n) is 7.61. The van der Waals surface area contributed by atoms with Gasteiger partial charge >= 0.3 is 6.03 Å². The van der Waals surface area contributed by atoms with Gasteiger partial charge in [0.25, 0.3) is 0 Å². The molecule has 0 saturated carbocycles. The number of nitrogens with zero attached hydrogens (tertiary/aromatic N) is 4. The first-order valence-corrected chi connectivity index (χ1v) is 9.39. The van der Waals surface area contributed by atoms with E-state index in [4.69, 9.17) is 0 Å². The third-order valence-electron chi connectivity index (χ3n) is 3.61. The summed E-state index contributed by atoms with van der Waals surface area (Å²) in [6, 6.07) is 7.42. The molecule has 1 saturated heterocycles. The second-order valence-electron chi connectivity index (χ2n) is 5.28. The van der Waals surface area contributed by atoms with Crippen LogP contribution in [0.15, 0.2) is 46.5 Å². The first kappa shape index (κ1) is 17.7. The summed E-state index contributed by atoms with van der Waals surface area (Å²) in [6.45, 7) is 5.20. The average Bonchev–Trinajstić information content (AvgIpc) is 3.20. The number of benzene rings is 1. The molecule has 1 fully saturated rings. The van der Waals surface area contributed by atoms with Gasteiger partial charge < -0.3 is 5.32 Å². The number of rotatable bonds is 6. The van der Waals surface area contributed by atoms with Crippen LogP contribution in [0, 0.1) is 0 Å². The van der Waals surface area contributed by atoms with E-state index in [1.807, 2.05) is 28.8 Å². The van der Waals surface area contributed by atoms with Gasteiger partial charge in [-0.25, -0.2) is 4.79 Å². The zero-order valence-electron chi connectivity index (χ0n) is 13.3.